The molecule has 0 aromatic heterocycles. The van der Waals surface area contributed by atoms with Gasteiger partial charge in [0.1, 0.15) is 0 Å². The van der Waals surface area contributed by atoms with Crippen LogP contribution in [0.15, 0.2) is 0 Å². The van der Waals surface area contributed by atoms with E-state index >= 15 is 0 Å². The largest absolute Gasteiger partial charge is 0.465 e. The van der Waals surface area contributed by atoms with Crippen molar-refractivity contribution in [3.63, 3.8) is 0 Å². The van der Waals surface area contributed by atoms with Gasteiger partial charge in [0.25, 0.3) is 0 Å². The third-order valence-corrected chi connectivity index (χ3v) is 2.09. The van der Waals surface area contributed by atoms with Crippen molar-refractivity contribution in [2.45, 2.75) is 39.7 Å². The van der Waals surface area contributed by atoms with Gasteiger partial charge in [0.05, 0.1) is 19.8 Å². The van der Waals surface area contributed by atoms with Crippen molar-refractivity contribution in [2.24, 2.45) is 5.41 Å². The van der Waals surface area contributed by atoms with Crippen LogP contribution >= 0.6 is 0 Å². The van der Waals surface area contributed by atoms with E-state index in [1.54, 1.807) is 0 Å². The summed E-state index contributed by atoms with van der Waals surface area (Å²) in [6.07, 6.45) is -0.352. The number of rotatable bonds is 7. The second-order valence-corrected chi connectivity index (χ2v) is 5.43. The third-order valence-electron chi connectivity index (χ3n) is 2.09. The second kappa shape index (κ2) is 6.06. The molecule has 5 heteroatoms. The zero-order chi connectivity index (χ0) is 12.8. The lowest BCUT2D eigenvalue weighted by atomic mass is 9.81. The van der Waals surface area contributed by atoms with Gasteiger partial charge in [-0.1, -0.05) is 13.8 Å². The number of hydrogen-bond acceptors (Lipinski definition) is 3. The fourth-order valence-electron chi connectivity index (χ4n) is 1.99. The Hall–Kier alpha value is -0.810. The smallest absolute Gasteiger partial charge is 0.405 e. The lowest BCUT2D eigenvalue weighted by molar-refractivity contribution is 0.0260. The number of carbonyl (C=O) groups is 1. The normalized spacial score (nSPS) is 12.6. The second-order valence-electron chi connectivity index (χ2n) is 5.43. The van der Waals surface area contributed by atoms with Crippen molar-refractivity contribution in [1.82, 2.24) is 5.32 Å². The van der Waals surface area contributed by atoms with E-state index in [1.165, 1.54) is 0 Å². The Morgan fingerprint density at radius 1 is 1.31 bits per heavy atom. The summed E-state index contributed by atoms with van der Waals surface area (Å²) in [5.74, 6) is 0. The van der Waals surface area contributed by atoms with Crippen LogP contribution in [-0.4, -0.2) is 41.7 Å². The summed E-state index contributed by atoms with van der Waals surface area (Å²) in [5, 5.41) is 19.8. The van der Waals surface area contributed by atoms with Crippen molar-refractivity contribution in [3.05, 3.63) is 0 Å². The minimum absolute atomic E-state index is 0.00679. The highest BCUT2D eigenvalue weighted by molar-refractivity contribution is 5.65. The standard InChI is InChI=1S/C11H23NO4/c1-10(2,8-16-6-5-13)7-11(3,4)12-9(14)15/h12-13H,5-8H2,1-4H3,(H,14,15). The molecule has 0 bridgehead atoms. The summed E-state index contributed by atoms with van der Waals surface area (Å²) in [7, 11) is 0. The SMILES string of the molecule is CC(C)(COCCO)CC(C)(C)NC(=O)O. The van der Waals surface area contributed by atoms with Gasteiger partial charge in [-0.15, -0.1) is 0 Å². The lowest BCUT2D eigenvalue weighted by Crippen LogP contribution is -2.46. The molecule has 0 fully saturated rings. The number of aliphatic hydroxyl groups is 1. The molecule has 96 valence electrons. The Morgan fingerprint density at radius 3 is 2.31 bits per heavy atom. The first-order chi connectivity index (χ1) is 7.18. The van der Waals surface area contributed by atoms with Crippen LogP contribution in [0.5, 0.6) is 0 Å². The first-order valence-corrected chi connectivity index (χ1v) is 5.38. The monoisotopic (exact) mass is 233 g/mol. The van der Waals surface area contributed by atoms with E-state index in [0.717, 1.165) is 0 Å². The fourth-order valence-corrected chi connectivity index (χ4v) is 1.99. The maximum atomic E-state index is 10.6. The van der Waals surface area contributed by atoms with Crippen molar-refractivity contribution in [2.75, 3.05) is 19.8 Å². The predicted molar refractivity (Wildman–Crippen MR) is 61.5 cm³/mol. The quantitative estimate of drug-likeness (QED) is 0.582. The maximum absolute atomic E-state index is 10.6. The molecule has 3 N–H and O–H groups in total. The molecule has 0 heterocycles. The van der Waals surface area contributed by atoms with Gasteiger partial charge < -0.3 is 20.3 Å². The highest BCUT2D eigenvalue weighted by atomic mass is 16.5. The van der Waals surface area contributed by atoms with Crippen LogP contribution < -0.4 is 5.32 Å². The van der Waals surface area contributed by atoms with E-state index in [2.05, 4.69) is 5.32 Å². The molecule has 0 saturated heterocycles. The highest BCUT2D eigenvalue weighted by Crippen LogP contribution is 2.28. The summed E-state index contributed by atoms with van der Waals surface area (Å²) in [5.41, 5.74) is -0.626. The molecule has 0 rings (SSSR count). The van der Waals surface area contributed by atoms with E-state index < -0.39 is 11.6 Å². The molecule has 0 spiro atoms. The molecule has 16 heavy (non-hydrogen) atoms. The Morgan fingerprint density at radius 2 is 1.88 bits per heavy atom. The lowest BCUT2D eigenvalue weighted by Gasteiger charge is -2.34. The van der Waals surface area contributed by atoms with Gasteiger partial charge in [0, 0.05) is 5.54 Å². The number of hydrogen-bond donors (Lipinski definition) is 3. The number of carboxylic acid groups (broad SMARTS) is 1. The molecular formula is C11H23NO4. The average molecular weight is 233 g/mol. The van der Waals surface area contributed by atoms with Crippen LogP contribution in [0.1, 0.15) is 34.1 Å². The van der Waals surface area contributed by atoms with E-state index in [1.807, 2.05) is 27.7 Å². The molecule has 0 aliphatic carbocycles. The van der Waals surface area contributed by atoms with Gasteiger partial charge in [-0.3, -0.25) is 0 Å². The zero-order valence-corrected chi connectivity index (χ0v) is 10.5. The minimum Gasteiger partial charge on any atom is -0.465 e. The van der Waals surface area contributed by atoms with Gasteiger partial charge in [0.2, 0.25) is 0 Å². The minimum atomic E-state index is -1.02. The van der Waals surface area contributed by atoms with Crippen LogP contribution in [0.3, 0.4) is 0 Å². The van der Waals surface area contributed by atoms with E-state index in [9.17, 15) is 4.79 Å². The van der Waals surface area contributed by atoms with Crippen molar-refractivity contribution >= 4 is 6.09 Å². The summed E-state index contributed by atoms with van der Waals surface area (Å²) in [6.45, 7) is 8.52. The maximum Gasteiger partial charge on any atom is 0.405 e. The van der Waals surface area contributed by atoms with E-state index in [0.29, 0.717) is 19.6 Å². The van der Waals surface area contributed by atoms with Crippen LogP contribution in [0.2, 0.25) is 0 Å². The fraction of sp³-hybridized carbons (Fsp3) is 0.909. The molecule has 0 saturated carbocycles. The summed E-state index contributed by atoms with van der Waals surface area (Å²) in [4.78, 5) is 10.6. The first kappa shape index (κ1) is 15.2. The van der Waals surface area contributed by atoms with Crippen molar-refractivity contribution < 1.29 is 19.7 Å². The molecule has 0 radical (unpaired) electrons. The predicted octanol–water partition coefficient (Wildman–Crippen LogP) is 1.46. The van der Waals surface area contributed by atoms with Gasteiger partial charge >= 0.3 is 6.09 Å². The van der Waals surface area contributed by atoms with Crippen LogP contribution in [-0.2, 0) is 4.74 Å². The van der Waals surface area contributed by atoms with Gasteiger partial charge in [0.15, 0.2) is 0 Å². The van der Waals surface area contributed by atoms with E-state index in [-0.39, 0.29) is 12.0 Å². The molecule has 5 nitrogen and oxygen atoms in total. The molecule has 0 aliphatic rings. The van der Waals surface area contributed by atoms with E-state index in [4.69, 9.17) is 14.9 Å². The molecule has 0 unspecified atom stereocenters. The zero-order valence-electron chi connectivity index (χ0n) is 10.5. The van der Waals surface area contributed by atoms with Crippen LogP contribution in [0, 0.1) is 5.41 Å². The van der Waals surface area contributed by atoms with Crippen LogP contribution in [0.4, 0.5) is 4.79 Å². The Kier molecular flexibility index (Phi) is 5.75. The molecule has 1 amide bonds. The van der Waals surface area contributed by atoms with Gasteiger partial charge in [-0.2, -0.15) is 0 Å². The third kappa shape index (κ3) is 7.48. The van der Waals surface area contributed by atoms with Crippen molar-refractivity contribution in [3.8, 4) is 0 Å². The van der Waals surface area contributed by atoms with Gasteiger partial charge in [-0.05, 0) is 25.7 Å². The number of amides is 1. The molecule has 0 aromatic carbocycles. The average Bonchev–Trinajstić information content (AvgIpc) is 1.98. The molecule has 0 aliphatic heterocycles. The Balaban J connectivity index is 4.16. The summed E-state index contributed by atoms with van der Waals surface area (Å²) >= 11 is 0. The van der Waals surface area contributed by atoms with Crippen molar-refractivity contribution in [1.29, 1.82) is 0 Å². The molecule has 0 aromatic rings. The van der Waals surface area contributed by atoms with Crippen LogP contribution in [0.25, 0.3) is 0 Å². The summed E-state index contributed by atoms with van der Waals surface area (Å²) < 4.78 is 5.27. The number of nitrogens with one attached hydrogen (secondary N) is 1. The molecular weight excluding hydrogens is 210 g/mol. The van der Waals surface area contributed by atoms with Gasteiger partial charge in [-0.25, -0.2) is 4.79 Å². The highest BCUT2D eigenvalue weighted by Gasteiger charge is 2.30. The topological polar surface area (TPSA) is 78.8 Å². The summed E-state index contributed by atoms with van der Waals surface area (Å²) in [6, 6.07) is 0. The number of ether oxygens (including phenoxy) is 1. The molecule has 0 atom stereocenters. The Labute approximate surface area is 96.8 Å². The number of aliphatic hydroxyl groups excluding tert-OH is 1. The first-order valence-electron chi connectivity index (χ1n) is 5.38. The Bertz CT molecular complexity index is 226.